The van der Waals surface area contributed by atoms with Gasteiger partial charge in [0.2, 0.25) is 5.13 Å². The van der Waals surface area contributed by atoms with Crippen molar-refractivity contribution in [1.29, 1.82) is 0 Å². The van der Waals surface area contributed by atoms with Gasteiger partial charge in [0.05, 0.1) is 7.11 Å². The quantitative estimate of drug-likeness (QED) is 0.400. The van der Waals surface area contributed by atoms with Gasteiger partial charge in [-0.15, -0.1) is 10.2 Å². The maximum Gasteiger partial charge on any atom is 0.257 e. The number of carbonyl (C=O) groups excluding carboxylic acids is 2. The molecule has 0 saturated carbocycles. The van der Waals surface area contributed by atoms with Gasteiger partial charge in [0.15, 0.2) is 0 Å². The van der Waals surface area contributed by atoms with Gasteiger partial charge in [-0.25, -0.2) is 0 Å². The number of rotatable bonds is 6. The molecule has 160 valence electrons. The third-order valence-electron chi connectivity index (χ3n) is 4.47. The first-order chi connectivity index (χ1) is 15.5. The van der Waals surface area contributed by atoms with Crippen LogP contribution in [0.1, 0.15) is 20.7 Å². The van der Waals surface area contributed by atoms with Crippen LogP contribution in [0.2, 0.25) is 5.02 Å². The molecule has 1 aromatic heterocycles. The zero-order valence-corrected chi connectivity index (χ0v) is 18.4. The number of aromatic nitrogens is 2. The van der Waals surface area contributed by atoms with Crippen LogP contribution in [0.15, 0.2) is 72.8 Å². The van der Waals surface area contributed by atoms with Crippen molar-refractivity contribution in [2.24, 2.45) is 0 Å². The van der Waals surface area contributed by atoms with Crippen molar-refractivity contribution >= 4 is 45.6 Å². The molecule has 0 spiro atoms. The zero-order chi connectivity index (χ0) is 22.5. The molecule has 0 unspecified atom stereocenters. The number of amides is 2. The van der Waals surface area contributed by atoms with Crippen LogP contribution < -0.4 is 15.4 Å². The predicted octanol–water partition coefficient (Wildman–Crippen LogP) is 5.37. The van der Waals surface area contributed by atoms with E-state index in [0.29, 0.717) is 32.0 Å². The number of nitrogens with zero attached hydrogens (tertiary/aromatic N) is 2. The van der Waals surface area contributed by atoms with Gasteiger partial charge in [-0.05, 0) is 66.7 Å². The van der Waals surface area contributed by atoms with Crippen molar-refractivity contribution in [2.75, 3.05) is 17.7 Å². The number of ether oxygens (including phenoxy) is 1. The molecular weight excluding hydrogens is 448 g/mol. The molecule has 3 aromatic carbocycles. The number of hydrogen-bond donors (Lipinski definition) is 2. The average Bonchev–Trinajstić information content (AvgIpc) is 3.28. The highest BCUT2D eigenvalue weighted by Crippen LogP contribution is 2.28. The lowest BCUT2D eigenvalue weighted by molar-refractivity contribution is 0.102. The fourth-order valence-corrected chi connectivity index (χ4v) is 3.77. The van der Waals surface area contributed by atoms with E-state index in [1.165, 1.54) is 11.3 Å². The van der Waals surface area contributed by atoms with E-state index in [0.717, 1.165) is 11.3 Å². The molecule has 0 saturated heterocycles. The van der Waals surface area contributed by atoms with Crippen molar-refractivity contribution in [1.82, 2.24) is 10.2 Å². The molecule has 4 aromatic rings. The van der Waals surface area contributed by atoms with Crippen LogP contribution in [-0.2, 0) is 0 Å². The minimum absolute atomic E-state index is 0.287. The molecule has 0 aliphatic rings. The topological polar surface area (TPSA) is 93.2 Å². The lowest BCUT2D eigenvalue weighted by Gasteiger charge is -2.07. The van der Waals surface area contributed by atoms with E-state index in [9.17, 15) is 9.59 Å². The minimum atomic E-state index is -0.324. The standard InChI is InChI=1S/C23H17ClN4O3S/c1-31-19-11-7-15(8-12-19)22-27-28-23(32-22)26-20(29)14-5-9-18(10-6-14)25-21(30)16-3-2-4-17(24)13-16/h2-13H,1H3,(H,25,30)(H,26,28,29). The third-order valence-corrected chi connectivity index (χ3v) is 5.60. The summed E-state index contributed by atoms with van der Waals surface area (Å²) in [4.78, 5) is 24.9. The summed E-state index contributed by atoms with van der Waals surface area (Å²) in [6.07, 6.45) is 0. The molecule has 0 fully saturated rings. The first kappa shape index (κ1) is 21.5. The molecule has 0 bridgehead atoms. The van der Waals surface area contributed by atoms with Crippen molar-refractivity contribution < 1.29 is 14.3 Å². The fourth-order valence-electron chi connectivity index (χ4n) is 2.83. The summed E-state index contributed by atoms with van der Waals surface area (Å²) in [6, 6.07) is 20.6. The Bertz CT molecular complexity index is 1260. The second-order valence-electron chi connectivity index (χ2n) is 6.64. The largest absolute Gasteiger partial charge is 0.497 e. The second kappa shape index (κ2) is 9.59. The van der Waals surface area contributed by atoms with Gasteiger partial charge in [0.25, 0.3) is 11.8 Å². The molecule has 0 atom stereocenters. The van der Waals surface area contributed by atoms with Crippen LogP contribution >= 0.6 is 22.9 Å². The molecule has 7 nitrogen and oxygen atoms in total. The maximum atomic E-state index is 12.5. The highest BCUT2D eigenvalue weighted by atomic mass is 35.5. The SMILES string of the molecule is COc1ccc(-c2nnc(NC(=O)c3ccc(NC(=O)c4cccc(Cl)c4)cc3)s2)cc1. The summed E-state index contributed by atoms with van der Waals surface area (Å²) in [5.74, 6) is 0.138. The van der Waals surface area contributed by atoms with Crippen LogP contribution in [0.4, 0.5) is 10.8 Å². The van der Waals surface area contributed by atoms with E-state index >= 15 is 0 Å². The third kappa shape index (κ3) is 5.11. The summed E-state index contributed by atoms with van der Waals surface area (Å²) in [5, 5.41) is 15.2. The van der Waals surface area contributed by atoms with Crippen molar-refractivity contribution in [3.05, 3.63) is 88.9 Å². The number of benzene rings is 3. The van der Waals surface area contributed by atoms with Crippen LogP contribution in [-0.4, -0.2) is 29.1 Å². The molecule has 9 heteroatoms. The Morgan fingerprint density at radius 3 is 2.28 bits per heavy atom. The molecule has 2 amide bonds. The van der Waals surface area contributed by atoms with Crippen LogP contribution in [0.3, 0.4) is 0 Å². The Labute approximate surface area is 193 Å². The molecule has 2 N–H and O–H groups in total. The summed E-state index contributed by atoms with van der Waals surface area (Å²) >= 11 is 7.19. The van der Waals surface area contributed by atoms with Crippen LogP contribution in [0.5, 0.6) is 5.75 Å². The lowest BCUT2D eigenvalue weighted by Crippen LogP contribution is -2.13. The van der Waals surface area contributed by atoms with Gasteiger partial charge in [-0.3, -0.25) is 14.9 Å². The zero-order valence-electron chi connectivity index (χ0n) is 16.8. The Morgan fingerprint density at radius 2 is 1.59 bits per heavy atom. The number of halogens is 1. The monoisotopic (exact) mass is 464 g/mol. The van der Waals surface area contributed by atoms with Gasteiger partial charge in [0, 0.05) is 27.4 Å². The van der Waals surface area contributed by atoms with E-state index in [2.05, 4.69) is 20.8 Å². The first-order valence-electron chi connectivity index (χ1n) is 9.48. The Hall–Kier alpha value is -3.75. The van der Waals surface area contributed by atoms with Crippen LogP contribution in [0, 0.1) is 0 Å². The van der Waals surface area contributed by atoms with E-state index < -0.39 is 0 Å². The average molecular weight is 465 g/mol. The lowest BCUT2D eigenvalue weighted by atomic mass is 10.1. The smallest absolute Gasteiger partial charge is 0.257 e. The Kier molecular flexibility index (Phi) is 6.44. The van der Waals surface area contributed by atoms with E-state index in [1.54, 1.807) is 55.6 Å². The number of nitrogens with one attached hydrogen (secondary N) is 2. The number of carbonyl (C=O) groups is 2. The highest BCUT2D eigenvalue weighted by molar-refractivity contribution is 7.18. The number of anilines is 2. The molecule has 0 radical (unpaired) electrons. The maximum absolute atomic E-state index is 12.5. The van der Waals surface area contributed by atoms with Gasteiger partial charge in [-0.2, -0.15) is 0 Å². The Morgan fingerprint density at radius 1 is 0.875 bits per heavy atom. The molecular formula is C23H17ClN4O3S. The van der Waals surface area contributed by atoms with Crippen molar-refractivity contribution in [2.45, 2.75) is 0 Å². The normalized spacial score (nSPS) is 10.4. The summed E-state index contributed by atoms with van der Waals surface area (Å²) < 4.78 is 5.15. The van der Waals surface area contributed by atoms with E-state index in [-0.39, 0.29) is 11.8 Å². The van der Waals surface area contributed by atoms with Gasteiger partial charge in [-0.1, -0.05) is 29.0 Å². The van der Waals surface area contributed by atoms with Crippen molar-refractivity contribution in [3.63, 3.8) is 0 Å². The summed E-state index contributed by atoms with van der Waals surface area (Å²) in [7, 11) is 1.60. The highest BCUT2D eigenvalue weighted by Gasteiger charge is 2.12. The summed E-state index contributed by atoms with van der Waals surface area (Å²) in [6.45, 7) is 0. The van der Waals surface area contributed by atoms with Crippen molar-refractivity contribution in [3.8, 4) is 16.3 Å². The van der Waals surface area contributed by atoms with Crippen LogP contribution in [0.25, 0.3) is 10.6 Å². The second-order valence-corrected chi connectivity index (χ2v) is 8.05. The predicted molar refractivity (Wildman–Crippen MR) is 126 cm³/mol. The minimum Gasteiger partial charge on any atom is -0.497 e. The number of hydrogen-bond acceptors (Lipinski definition) is 6. The van der Waals surface area contributed by atoms with E-state index in [1.807, 2.05) is 24.3 Å². The summed E-state index contributed by atoms with van der Waals surface area (Å²) in [5.41, 5.74) is 2.31. The van der Waals surface area contributed by atoms with E-state index in [4.69, 9.17) is 16.3 Å². The molecule has 4 rings (SSSR count). The molecule has 0 aliphatic carbocycles. The van der Waals surface area contributed by atoms with Gasteiger partial charge in [0.1, 0.15) is 10.8 Å². The molecule has 0 aliphatic heterocycles. The first-order valence-corrected chi connectivity index (χ1v) is 10.7. The Balaban J connectivity index is 1.38. The van der Waals surface area contributed by atoms with Gasteiger partial charge >= 0.3 is 0 Å². The fraction of sp³-hybridized carbons (Fsp3) is 0.0435. The molecule has 32 heavy (non-hydrogen) atoms. The molecule has 1 heterocycles. The number of methoxy groups -OCH3 is 1. The van der Waals surface area contributed by atoms with Gasteiger partial charge < -0.3 is 10.1 Å².